The fourth-order valence-electron chi connectivity index (χ4n) is 4.62. The van der Waals surface area contributed by atoms with Gasteiger partial charge in [0.05, 0.1) is 0 Å². The van der Waals surface area contributed by atoms with Crippen LogP contribution in [0.25, 0.3) is 10.8 Å². The molecule has 4 rings (SSSR count). The summed E-state index contributed by atoms with van der Waals surface area (Å²) in [4.78, 5) is 24.3. The minimum Gasteiger partial charge on any atom is -0.422 e. The maximum absolute atomic E-state index is 12.3. The van der Waals surface area contributed by atoms with E-state index in [-0.39, 0.29) is 0 Å². The van der Waals surface area contributed by atoms with Crippen LogP contribution in [0.2, 0.25) is 0 Å². The molecule has 0 spiro atoms. The van der Waals surface area contributed by atoms with E-state index in [1.54, 1.807) is 6.92 Å². The number of rotatable bonds is 4. The number of fused-ring (bicyclic) bond motifs is 6. The summed E-state index contributed by atoms with van der Waals surface area (Å²) in [6.07, 6.45) is 3.21. The Labute approximate surface area is 158 Å². The SMILES string of the molecule is C=CC(=O)Oc1c2c(c(OC(=O)C(=C)C)c3ccccc13)C1CC(C)C2C1. The molecule has 2 aromatic carbocycles. The lowest BCUT2D eigenvalue weighted by Gasteiger charge is -2.27. The van der Waals surface area contributed by atoms with Crippen molar-refractivity contribution in [2.24, 2.45) is 5.92 Å². The first-order valence-electron chi connectivity index (χ1n) is 9.22. The van der Waals surface area contributed by atoms with Gasteiger partial charge in [-0.25, -0.2) is 9.59 Å². The largest absolute Gasteiger partial charge is 0.422 e. The van der Waals surface area contributed by atoms with Gasteiger partial charge in [0.1, 0.15) is 11.5 Å². The molecule has 138 valence electrons. The van der Waals surface area contributed by atoms with E-state index < -0.39 is 11.9 Å². The summed E-state index contributed by atoms with van der Waals surface area (Å²) in [5, 5.41) is 1.55. The lowest BCUT2D eigenvalue weighted by Crippen LogP contribution is -2.16. The van der Waals surface area contributed by atoms with Crippen LogP contribution >= 0.6 is 0 Å². The van der Waals surface area contributed by atoms with Crippen molar-refractivity contribution >= 4 is 22.7 Å². The highest BCUT2D eigenvalue weighted by molar-refractivity contribution is 6.01. The Hall–Kier alpha value is -2.88. The standard InChI is InChI=1S/C23H22O4/c1-5-18(24)26-22-16-9-7-6-8-15(16)21(27-23(25)12(2)3)19-14-10-13(4)17(11-14)20(19)22/h5-9,13-14,17H,1-2,10-11H2,3-4H3. The second kappa shape index (κ2) is 6.38. The zero-order valence-corrected chi connectivity index (χ0v) is 15.6. The highest BCUT2D eigenvalue weighted by Gasteiger charge is 2.47. The fourth-order valence-corrected chi connectivity index (χ4v) is 4.62. The molecule has 1 fully saturated rings. The Bertz CT molecular complexity index is 1000. The maximum Gasteiger partial charge on any atom is 0.338 e. The molecule has 3 atom stereocenters. The van der Waals surface area contributed by atoms with E-state index in [4.69, 9.17) is 9.47 Å². The zero-order chi connectivity index (χ0) is 19.3. The zero-order valence-electron chi connectivity index (χ0n) is 15.6. The van der Waals surface area contributed by atoms with Gasteiger partial charge < -0.3 is 9.47 Å². The molecule has 2 aliphatic rings. The van der Waals surface area contributed by atoms with E-state index >= 15 is 0 Å². The van der Waals surface area contributed by atoms with E-state index in [0.29, 0.717) is 34.8 Å². The van der Waals surface area contributed by atoms with E-state index in [9.17, 15) is 9.59 Å². The number of benzene rings is 2. The van der Waals surface area contributed by atoms with Crippen molar-refractivity contribution < 1.29 is 19.1 Å². The summed E-state index contributed by atoms with van der Waals surface area (Å²) in [6, 6.07) is 7.58. The molecule has 1 saturated carbocycles. The van der Waals surface area contributed by atoms with Gasteiger partial charge in [-0.05, 0) is 37.5 Å². The molecule has 2 aliphatic carbocycles. The molecule has 3 unspecified atom stereocenters. The van der Waals surface area contributed by atoms with Crippen LogP contribution in [0.3, 0.4) is 0 Å². The average Bonchev–Trinajstić information content (AvgIpc) is 3.21. The van der Waals surface area contributed by atoms with Crippen molar-refractivity contribution in [3.63, 3.8) is 0 Å². The number of esters is 2. The van der Waals surface area contributed by atoms with Crippen LogP contribution in [0.5, 0.6) is 11.5 Å². The fraction of sp³-hybridized carbons (Fsp3) is 0.304. The minimum absolute atomic E-state index is 0.296. The van der Waals surface area contributed by atoms with Gasteiger partial charge in [-0.3, -0.25) is 0 Å². The number of carbonyl (C=O) groups excluding carboxylic acids is 2. The molecule has 0 N–H and O–H groups in total. The predicted molar refractivity (Wildman–Crippen MR) is 104 cm³/mol. The molecule has 27 heavy (non-hydrogen) atoms. The second-order valence-corrected chi connectivity index (χ2v) is 7.58. The highest BCUT2D eigenvalue weighted by atomic mass is 16.5. The molecule has 0 saturated heterocycles. The first-order valence-corrected chi connectivity index (χ1v) is 9.22. The van der Waals surface area contributed by atoms with Gasteiger partial charge in [-0.15, -0.1) is 0 Å². The molecule has 2 aromatic rings. The van der Waals surface area contributed by atoms with E-state index in [2.05, 4.69) is 20.1 Å². The first-order chi connectivity index (χ1) is 12.9. The number of hydrogen-bond acceptors (Lipinski definition) is 4. The normalized spacial score (nSPS) is 22.4. The lowest BCUT2D eigenvalue weighted by molar-refractivity contribution is -0.130. The van der Waals surface area contributed by atoms with Gasteiger partial charge in [-0.2, -0.15) is 0 Å². The van der Waals surface area contributed by atoms with Crippen molar-refractivity contribution in [1.29, 1.82) is 0 Å². The Morgan fingerprint density at radius 2 is 1.70 bits per heavy atom. The van der Waals surface area contributed by atoms with Crippen LogP contribution in [-0.4, -0.2) is 11.9 Å². The molecule has 0 amide bonds. The van der Waals surface area contributed by atoms with Crippen LogP contribution in [0.1, 0.15) is 49.7 Å². The molecule has 2 bridgehead atoms. The van der Waals surface area contributed by atoms with Gasteiger partial charge in [0.2, 0.25) is 0 Å². The van der Waals surface area contributed by atoms with Crippen molar-refractivity contribution in [2.75, 3.05) is 0 Å². The molecule has 0 radical (unpaired) electrons. The topological polar surface area (TPSA) is 52.6 Å². The molecular formula is C23H22O4. The molecular weight excluding hydrogens is 340 g/mol. The van der Waals surface area contributed by atoms with Gasteiger partial charge in [0.15, 0.2) is 0 Å². The van der Waals surface area contributed by atoms with Crippen molar-refractivity contribution in [2.45, 2.75) is 38.5 Å². The molecule has 4 heteroatoms. The van der Waals surface area contributed by atoms with Crippen LogP contribution in [0.15, 0.2) is 49.1 Å². The average molecular weight is 362 g/mol. The molecule has 0 aliphatic heterocycles. The van der Waals surface area contributed by atoms with Gasteiger partial charge in [0.25, 0.3) is 0 Å². The monoisotopic (exact) mass is 362 g/mol. The predicted octanol–water partition coefficient (Wildman–Crippen LogP) is 5.02. The Morgan fingerprint density at radius 1 is 1.07 bits per heavy atom. The van der Waals surface area contributed by atoms with Crippen LogP contribution < -0.4 is 9.47 Å². The first kappa shape index (κ1) is 17.5. The molecule has 4 nitrogen and oxygen atoms in total. The highest BCUT2D eigenvalue weighted by Crippen LogP contribution is 2.63. The quantitative estimate of drug-likeness (QED) is 0.435. The molecule has 0 heterocycles. The van der Waals surface area contributed by atoms with Crippen molar-refractivity contribution in [3.8, 4) is 11.5 Å². The van der Waals surface area contributed by atoms with Crippen LogP contribution in [0.4, 0.5) is 0 Å². The third kappa shape index (κ3) is 2.67. The molecule has 0 aromatic heterocycles. The summed E-state index contributed by atoms with van der Waals surface area (Å²) >= 11 is 0. The summed E-state index contributed by atoms with van der Waals surface area (Å²) in [6.45, 7) is 11.1. The van der Waals surface area contributed by atoms with Crippen LogP contribution in [-0.2, 0) is 9.59 Å². The lowest BCUT2D eigenvalue weighted by atomic mass is 9.82. The van der Waals surface area contributed by atoms with E-state index in [1.165, 1.54) is 6.08 Å². The summed E-state index contributed by atoms with van der Waals surface area (Å²) < 4.78 is 11.5. The van der Waals surface area contributed by atoms with Crippen LogP contribution in [0, 0.1) is 5.92 Å². The Kier molecular flexibility index (Phi) is 4.14. The van der Waals surface area contributed by atoms with Gasteiger partial charge in [0, 0.05) is 33.5 Å². The third-order valence-corrected chi connectivity index (χ3v) is 5.77. The summed E-state index contributed by atoms with van der Waals surface area (Å²) in [5.41, 5.74) is 2.38. The second-order valence-electron chi connectivity index (χ2n) is 7.58. The third-order valence-electron chi connectivity index (χ3n) is 5.77. The van der Waals surface area contributed by atoms with Gasteiger partial charge in [-0.1, -0.05) is 44.3 Å². The summed E-state index contributed by atoms with van der Waals surface area (Å²) in [7, 11) is 0. The smallest absolute Gasteiger partial charge is 0.338 e. The Balaban J connectivity index is 2.02. The van der Waals surface area contributed by atoms with E-state index in [1.807, 2.05) is 24.3 Å². The van der Waals surface area contributed by atoms with E-state index in [0.717, 1.165) is 34.7 Å². The number of hydrogen-bond donors (Lipinski definition) is 0. The number of carbonyl (C=O) groups is 2. The van der Waals surface area contributed by atoms with Gasteiger partial charge >= 0.3 is 11.9 Å². The van der Waals surface area contributed by atoms with Crippen molar-refractivity contribution in [1.82, 2.24) is 0 Å². The minimum atomic E-state index is -0.482. The Morgan fingerprint density at radius 3 is 2.30 bits per heavy atom. The summed E-state index contributed by atoms with van der Waals surface area (Å²) in [5.74, 6) is 1.35. The maximum atomic E-state index is 12.3. The van der Waals surface area contributed by atoms with Crippen molar-refractivity contribution in [3.05, 3.63) is 60.2 Å². The number of ether oxygens (including phenoxy) is 2.